The quantitative estimate of drug-likeness (QED) is 0.0222. The van der Waals surface area contributed by atoms with Gasteiger partial charge in [-0.1, -0.05) is 267 Å². The zero-order valence-corrected chi connectivity index (χ0v) is 57.0. The summed E-state index contributed by atoms with van der Waals surface area (Å²) in [7, 11) is -9.89. The van der Waals surface area contributed by atoms with Crippen molar-refractivity contribution in [1.82, 2.24) is 0 Å². The van der Waals surface area contributed by atoms with E-state index in [2.05, 4.69) is 55.4 Å². The summed E-state index contributed by atoms with van der Waals surface area (Å²) < 4.78 is 68.1. The fourth-order valence-corrected chi connectivity index (χ4v) is 11.3. The first-order valence-corrected chi connectivity index (χ1v) is 37.2. The Morgan fingerprint density at radius 1 is 0.329 bits per heavy atom. The molecule has 17 nitrogen and oxygen atoms in total. The van der Waals surface area contributed by atoms with Crippen LogP contribution in [0.4, 0.5) is 0 Å². The number of aliphatic hydroxyl groups is 1. The van der Waals surface area contributed by atoms with Crippen LogP contribution in [0.2, 0.25) is 0 Å². The van der Waals surface area contributed by atoms with Crippen LogP contribution < -0.4 is 0 Å². The summed E-state index contributed by atoms with van der Waals surface area (Å²) in [5, 5.41) is 10.5. The number of unbranched alkanes of at least 4 members (excludes halogenated alkanes) is 28. The molecule has 0 aromatic rings. The van der Waals surface area contributed by atoms with Crippen LogP contribution in [-0.2, 0) is 65.4 Å². The third-order valence-corrected chi connectivity index (χ3v) is 17.3. The number of carbonyl (C=O) groups excluding carboxylic acids is 4. The van der Waals surface area contributed by atoms with Gasteiger partial charge in [0.2, 0.25) is 0 Å². The minimum Gasteiger partial charge on any atom is -0.462 e. The number of esters is 4. The second-order valence-electron chi connectivity index (χ2n) is 25.5. The average Bonchev–Trinajstić information content (AvgIpc) is 3.64. The highest BCUT2D eigenvalue weighted by atomic mass is 31.2. The Balaban J connectivity index is 5.26. The SMILES string of the molecule is CCC(C)CCCCCCCCC(=O)OC[C@H](COP(=O)(O)OC[C@H](O)COP(=O)(O)OC[C@@H](COC(=O)CCCCCCCCCCC(C)C)OC(=O)CCCCCCCCCCCCCC(C)C)OC(=O)CCCCCCCCCC(C)C. The molecule has 0 aromatic heterocycles. The van der Waals surface area contributed by atoms with Crippen LogP contribution in [0.3, 0.4) is 0 Å². The lowest BCUT2D eigenvalue weighted by Crippen LogP contribution is -2.30. The fourth-order valence-electron chi connectivity index (χ4n) is 9.75. The van der Waals surface area contributed by atoms with E-state index in [1.165, 1.54) is 116 Å². The molecule has 504 valence electrons. The molecule has 0 aliphatic heterocycles. The normalized spacial score (nSPS) is 14.7. The number of aliphatic hydroxyl groups excluding tert-OH is 1. The standard InChI is InChI=1S/C66H128O17P2/c1-9-59(8)45-37-29-24-25-31-39-47-64(69)77-53-62(83-66(71)49-41-33-23-17-20-28-36-44-58(6)7)55-81-85(74,75)79-51-60(67)50-78-84(72,73)80-54-61(52-76-63(68)46-38-30-21-16-15-19-27-35-43-57(4)5)82-65(70)48-40-32-22-14-12-10-11-13-18-26-34-42-56(2)3/h56-62,67H,9-55H2,1-8H3,(H,72,73)(H,74,75)/t59?,60-,61-,62-/m1/s1. The van der Waals surface area contributed by atoms with Gasteiger partial charge < -0.3 is 33.8 Å². The van der Waals surface area contributed by atoms with Crippen molar-refractivity contribution in [3.63, 3.8) is 0 Å². The van der Waals surface area contributed by atoms with Crippen molar-refractivity contribution >= 4 is 39.5 Å². The van der Waals surface area contributed by atoms with Crippen molar-refractivity contribution in [3.8, 4) is 0 Å². The van der Waals surface area contributed by atoms with Gasteiger partial charge in [-0.25, -0.2) is 9.13 Å². The van der Waals surface area contributed by atoms with Gasteiger partial charge >= 0.3 is 39.5 Å². The highest BCUT2D eigenvalue weighted by Crippen LogP contribution is 2.45. The Morgan fingerprint density at radius 3 is 0.835 bits per heavy atom. The summed E-state index contributed by atoms with van der Waals surface area (Å²) in [6.45, 7) is 14.0. The molecule has 0 amide bonds. The van der Waals surface area contributed by atoms with Gasteiger partial charge in [0.15, 0.2) is 12.2 Å². The van der Waals surface area contributed by atoms with Crippen molar-refractivity contribution in [3.05, 3.63) is 0 Å². The third kappa shape index (κ3) is 59.5. The Hall–Kier alpha value is -1.94. The van der Waals surface area contributed by atoms with Crippen LogP contribution in [0, 0.1) is 23.7 Å². The monoisotopic (exact) mass is 1250 g/mol. The van der Waals surface area contributed by atoms with Crippen molar-refractivity contribution in [2.24, 2.45) is 23.7 Å². The Morgan fingerprint density at radius 2 is 0.565 bits per heavy atom. The number of hydrogen-bond donors (Lipinski definition) is 3. The second-order valence-corrected chi connectivity index (χ2v) is 28.4. The Kier molecular flexibility index (Phi) is 54.8. The smallest absolute Gasteiger partial charge is 0.462 e. The predicted molar refractivity (Wildman–Crippen MR) is 340 cm³/mol. The summed E-state index contributed by atoms with van der Waals surface area (Å²) in [6.07, 6.45) is 36.3. The van der Waals surface area contributed by atoms with Crippen molar-refractivity contribution in [2.45, 2.75) is 337 Å². The van der Waals surface area contributed by atoms with Gasteiger partial charge in [-0.05, 0) is 49.4 Å². The van der Waals surface area contributed by atoms with E-state index in [0.717, 1.165) is 114 Å². The first-order chi connectivity index (χ1) is 40.6. The molecule has 3 N–H and O–H groups in total. The van der Waals surface area contributed by atoms with E-state index in [1.807, 2.05) is 0 Å². The molecule has 6 atom stereocenters. The maximum atomic E-state index is 13.0. The largest absolute Gasteiger partial charge is 0.472 e. The summed E-state index contributed by atoms with van der Waals surface area (Å²) in [5.41, 5.74) is 0. The van der Waals surface area contributed by atoms with Crippen molar-refractivity contribution < 1.29 is 80.2 Å². The lowest BCUT2D eigenvalue weighted by atomic mass is 10.00. The van der Waals surface area contributed by atoms with Gasteiger partial charge in [0.1, 0.15) is 19.3 Å². The molecule has 0 spiro atoms. The topological polar surface area (TPSA) is 237 Å². The van der Waals surface area contributed by atoms with Crippen LogP contribution in [0.1, 0.15) is 319 Å². The molecular formula is C66H128O17P2. The Labute approximate surface area is 517 Å². The van der Waals surface area contributed by atoms with Crippen LogP contribution in [0.5, 0.6) is 0 Å². The second kappa shape index (κ2) is 56.1. The zero-order chi connectivity index (χ0) is 63.2. The molecule has 0 rings (SSSR count). The number of carbonyl (C=O) groups is 4. The number of phosphoric ester groups is 2. The van der Waals surface area contributed by atoms with Crippen LogP contribution >= 0.6 is 15.6 Å². The van der Waals surface area contributed by atoms with Crippen molar-refractivity contribution in [1.29, 1.82) is 0 Å². The summed E-state index contributed by atoms with van der Waals surface area (Å²) >= 11 is 0. The van der Waals surface area contributed by atoms with Crippen LogP contribution in [-0.4, -0.2) is 96.7 Å². The molecular weight excluding hydrogens is 1130 g/mol. The van der Waals surface area contributed by atoms with Gasteiger partial charge in [0.25, 0.3) is 0 Å². The first kappa shape index (κ1) is 83.1. The molecule has 0 radical (unpaired) electrons. The molecule has 0 aliphatic carbocycles. The number of rotatable bonds is 63. The summed E-state index contributed by atoms with van der Waals surface area (Å²) in [5.74, 6) is 0.780. The molecule has 3 unspecified atom stereocenters. The summed E-state index contributed by atoms with van der Waals surface area (Å²) in [4.78, 5) is 72.3. The predicted octanol–water partition coefficient (Wildman–Crippen LogP) is 18.1. The zero-order valence-electron chi connectivity index (χ0n) is 55.2. The lowest BCUT2D eigenvalue weighted by Gasteiger charge is -2.21. The van der Waals surface area contributed by atoms with E-state index in [-0.39, 0.29) is 25.7 Å². The lowest BCUT2D eigenvalue weighted by molar-refractivity contribution is -0.161. The minimum atomic E-state index is -4.95. The number of phosphoric acid groups is 2. The third-order valence-electron chi connectivity index (χ3n) is 15.4. The maximum absolute atomic E-state index is 13.0. The molecule has 0 saturated carbocycles. The summed E-state index contributed by atoms with van der Waals surface area (Å²) in [6, 6.07) is 0. The van der Waals surface area contributed by atoms with Gasteiger partial charge in [-0.2, -0.15) is 0 Å². The molecule has 19 heteroatoms. The van der Waals surface area contributed by atoms with Gasteiger partial charge in [-0.15, -0.1) is 0 Å². The van der Waals surface area contributed by atoms with E-state index in [1.54, 1.807) is 0 Å². The molecule has 0 heterocycles. The molecule has 85 heavy (non-hydrogen) atoms. The van der Waals surface area contributed by atoms with Gasteiger partial charge in [0, 0.05) is 25.7 Å². The van der Waals surface area contributed by atoms with E-state index < -0.39 is 97.5 Å². The average molecular weight is 1260 g/mol. The van der Waals surface area contributed by atoms with Crippen molar-refractivity contribution in [2.75, 3.05) is 39.6 Å². The van der Waals surface area contributed by atoms with Gasteiger partial charge in [-0.3, -0.25) is 37.3 Å². The van der Waals surface area contributed by atoms with Crippen LogP contribution in [0.25, 0.3) is 0 Å². The molecule has 0 fully saturated rings. The highest BCUT2D eigenvalue weighted by Gasteiger charge is 2.30. The van der Waals surface area contributed by atoms with Crippen LogP contribution in [0.15, 0.2) is 0 Å². The van der Waals surface area contributed by atoms with E-state index in [9.17, 15) is 43.2 Å². The maximum Gasteiger partial charge on any atom is 0.472 e. The number of hydrogen-bond acceptors (Lipinski definition) is 15. The van der Waals surface area contributed by atoms with E-state index >= 15 is 0 Å². The van der Waals surface area contributed by atoms with E-state index in [4.69, 9.17) is 37.0 Å². The van der Waals surface area contributed by atoms with E-state index in [0.29, 0.717) is 31.6 Å². The Bertz CT molecular complexity index is 1700. The minimum absolute atomic E-state index is 0.102. The number of ether oxygens (including phenoxy) is 4. The first-order valence-electron chi connectivity index (χ1n) is 34.2. The fraction of sp³-hybridized carbons (Fsp3) is 0.939. The molecule has 0 saturated heterocycles. The van der Waals surface area contributed by atoms with Gasteiger partial charge in [0.05, 0.1) is 26.4 Å². The highest BCUT2D eigenvalue weighted by molar-refractivity contribution is 7.47. The molecule has 0 aliphatic rings. The molecule has 0 bridgehead atoms. The molecule has 0 aromatic carbocycles.